The van der Waals surface area contributed by atoms with Crippen molar-refractivity contribution in [1.29, 1.82) is 0 Å². The molecule has 0 aromatic carbocycles. The van der Waals surface area contributed by atoms with E-state index in [9.17, 15) is 0 Å². The van der Waals surface area contributed by atoms with Crippen LogP contribution in [0.1, 0.15) is 27.7 Å². The van der Waals surface area contributed by atoms with Crippen molar-refractivity contribution >= 4 is 6.40 Å². The van der Waals surface area contributed by atoms with Crippen LogP contribution in [0.2, 0.25) is 0 Å². The molecule has 0 aromatic rings. The number of hydrogen-bond donors (Lipinski definition) is 0. The number of nitrogens with zero attached hydrogens (tertiary/aromatic N) is 1. The van der Waals surface area contributed by atoms with E-state index in [0.717, 1.165) is 0 Å². The molecule has 1 heterocycles. The Bertz CT molecular complexity index is 149. The summed E-state index contributed by atoms with van der Waals surface area (Å²) in [5.74, 6) is 0.564. The third-order valence-electron chi connectivity index (χ3n) is 1.92. The second-order valence-electron chi connectivity index (χ2n) is 3.66. The molecule has 2 nitrogen and oxygen atoms in total. The largest absolute Gasteiger partial charge is 0.476 e. The molecular weight excluding hydrogens is 126 g/mol. The Hall–Kier alpha value is -0.530. The van der Waals surface area contributed by atoms with Crippen molar-refractivity contribution in [2.75, 3.05) is 0 Å². The summed E-state index contributed by atoms with van der Waals surface area (Å²) in [4.78, 5) is 4.24. The minimum absolute atomic E-state index is 0.0891. The fourth-order valence-electron chi connectivity index (χ4n) is 1.46. The van der Waals surface area contributed by atoms with E-state index in [0.29, 0.717) is 12.0 Å². The normalized spacial score (nSPS) is 29.1. The molecule has 0 bridgehead atoms. The van der Waals surface area contributed by atoms with Gasteiger partial charge in [0.05, 0.1) is 6.04 Å². The zero-order valence-electron chi connectivity index (χ0n) is 7.09. The van der Waals surface area contributed by atoms with Crippen molar-refractivity contribution in [2.24, 2.45) is 10.9 Å². The topological polar surface area (TPSA) is 21.6 Å². The van der Waals surface area contributed by atoms with Crippen LogP contribution in [0.5, 0.6) is 0 Å². The van der Waals surface area contributed by atoms with Gasteiger partial charge >= 0.3 is 0 Å². The second-order valence-corrected chi connectivity index (χ2v) is 3.66. The van der Waals surface area contributed by atoms with E-state index in [1.54, 1.807) is 6.40 Å². The summed E-state index contributed by atoms with van der Waals surface area (Å²) in [6, 6.07) is 0.326. The molecule has 0 radical (unpaired) electrons. The maximum absolute atomic E-state index is 5.32. The summed E-state index contributed by atoms with van der Waals surface area (Å²) >= 11 is 0. The van der Waals surface area contributed by atoms with Crippen LogP contribution in [0.15, 0.2) is 4.99 Å². The van der Waals surface area contributed by atoms with Gasteiger partial charge < -0.3 is 4.74 Å². The summed E-state index contributed by atoms with van der Waals surface area (Å²) in [5.41, 5.74) is -0.0891. The van der Waals surface area contributed by atoms with Gasteiger partial charge in [-0.05, 0) is 19.8 Å². The quantitative estimate of drug-likeness (QED) is 0.546. The third kappa shape index (κ3) is 1.15. The number of hydrogen-bond acceptors (Lipinski definition) is 2. The van der Waals surface area contributed by atoms with Crippen molar-refractivity contribution in [3.05, 3.63) is 0 Å². The van der Waals surface area contributed by atoms with Gasteiger partial charge in [-0.3, -0.25) is 4.99 Å². The lowest BCUT2D eigenvalue weighted by Gasteiger charge is -2.26. The summed E-state index contributed by atoms with van der Waals surface area (Å²) in [7, 11) is 0. The number of aliphatic imine (C=N–C) groups is 1. The highest BCUT2D eigenvalue weighted by Gasteiger charge is 2.36. The van der Waals surface area contributed by atoms with Gasteiger partial charge in [-0.2, -0.15) is 0 Å². The zero-order chi connectivity index (χ0) is 7.78. The lowest BCUT2D eigenvalue weighted by molar-refractivity contribution is 0.0864. The average molecular weight is 141 g/mol. The highest BCUT2D eigenvalue weighted by molar-refractivity contribution is 5.51. The fourth-order valence-corrected chi connectivity index (χ4v) is 1.46. The van der Waals surface area contributed by atoms with Gasteiger partial charge in [0.2, 0.25) is 0 Å². The van der Waals surface area contributed by atoms with Crippen LogP contribution in [-0.2, 0) is 4.74 Å². The summed E-state index contributed by atoms with van der Waals surface area (Å²) in [6.07, 6.45) is 1.57. The summed E-state index contributed by atoms with van der Waals surface area (Å²) < 4.78 is 5.32. The van der Waals surface area contributed by atoms with E-state index in [-0.39, 0.29) is 5.60 Å². The first-order chi connectivity index (χ1) is 4.54. The second kappa shape index (κ2) is 2.26. The molecule has 0 unspecified atom stereocenters. The van der Waals surface area contributed by atoms with Crippen LogP contribution in [0, 0.1) is 5.92 Å². The van der Waals surface area contributed by atoms with E-state index >= 15 is 0 Å². The molecule has 58 valence electrons. The average Bonchev–Trinajstić information content (AvgIpc) is 2.08. The highest BCUT2D eigenvalue weighted by atomic mass is 16.5. The molecule has 1 aliphatic rings. The van der Waals surface area contributed by atoms with Gasteiger partial charge in [0.25, 0.3) is 0 Å². The standard InChI is InChI=1S/C8H15NO/c1-6(2)7-8(3,4)10-5-9-7/h5-7H,1-4H3/t7-/m1/s1. The predicted molar refractivity (Wildman–Crippen MR) is 42.3 cm³/mol. The van der Waals surface area contributed by atoms with Gasteiger partial charge in [0.15, 0.2) is 6.40 Å². The van der Waals surface area contributed by atoms with E-state index in [1.165, 1.54) is 0 Å². The maximum Gasteiger partial charge on any atom is 0.170 e. The first kappa shape index (κ1) is 7.58. The van der Waals surface area contributed by atoms with Crippen LogP contribution in [0.25, 0.3) is 0 Å². The fraction of sp³-hybridized carbons (Fsp3) is 0.875. The van der Waals surface area contributed by atoms with Crippen molar-refractivity contribution in [2.45, 2.75) is 39.3 Å². The van der Waals surface area contributed by atoms with Gasteiger partial charge in [0, 0.05) is 0 Å². The first-order valence-electron chi connectivity index (χ1n) is 3.73. The molecule has 1 atom stereocenters. The summed E-state index contributed by atoms with van der Waals surface area (Å²) in [5, 5.41) is 0. The molecule has 0 amide bonds. The lowest BCUT2D eigenvalue weighted by Crippen LogP contribution is -2.36. The van der Waals surface area contributed by atoms with Crippen LogP contribution in [0.3, 0.4) is 0 Å². The molecule has 0 spiro atoms. The Kier molecular flexibility index (Phi) is 1.71. The lowest BCUT2D eigenvalue weighted by atomic mass is 9.90. The minimum atomic E-state index is -0.0891. The van der Waals surface area contributed by atoms with Crippen molar-refractivity contribution < 1.29 is 4.74 Å². The maximum atomic E-state index is 5.32. The monoisotopic (exact) mass is 141 g/mol. The molecule has 2 heteroatoms. The van der Waals surface area contributed by atoms with Crippen LogP contribution in [0.4, 0.5) is 0 Å². The third-order valence-corrected chi connectivity index (χ3v) is 1.92. The van der Waals surface area contributed by atoms with E-state index in [2.05, 4.69) is 32.7 Å². The van der Waals surface area contributed by atoms with E-state index < -0.39 is 0 Å². The Balaban J connectivity index is 2.67. The number of ether oxygens (including phenoxy) is 1. The van der Waals surface area contributed by atoms with Crippen LogP contribution < -0.4 is 0 Å². The van der Waals surface area contributed by atoms with Crippen LogP contribution >= 0.6 is 0 Å². The van der Waals surface area contributed by atoms with E-state index in [4.69, 9.17) is 4.74 Å². The molecule has 0 aliphatic carbocycles. The molecule has 0 saturated carbocycles. The summed E-state index contributed by atoms with van der Waals surface area (Å²) in [6.45, 7) is 8.48. The van der Waals surface area contributed by atoms with Crippen LogP contribution in [-0.4, -0.2) is 18.0 Å². The smallest absolute Gasteiger partial charge is 0.170 e. The molecule has 0 N–H and O–H groups in total. The van der Waals surface area contributed by atoms with Crippen molar-refractivity contribution in [1.82, 2.24) is 0 Å². The molecule has 0 aromatic heterocycles. The Labute approximate surface area is 62.3 Å². The molecule has 1 rings (SSSR count). The molecule has 1 aliphatic heterocycles. The Morgan fingerprint density at radius 3 is 2.30 bits per heavy atom. The molecule has 0 saturated heterocycles. The highest BCUT2D eigenvalue weighted by Crippen LogP contribution is 2.27. The molecular formula is C8H15NO. The molecule has 0 fully saturated rings. The van der Waals surface area contributed by atoms with E-state index in [1.807, 2.05) is 0 Å². The van der Waals surface area contributed by atoms with Gasteiger partial charge in [0.1, 0.15) is 5.60 Å². The van der Waals surface area contributed by atoms with Gasteiger partial charge in [-0.1, -0.05) is 13.8 Å². The Morgan fingerprint density at radius 2 is 2.10 bits per heavy atom. The van der Waals surface area contributed by atoms with Crippen molar-refractivity contribution in [3.8, 4) is 0 Å². The van der Waals surface area contributed by atoms with Gasteiger partial charge in [-0.25, -0.2) is 0 Å². The Morgan fingerprint density at radius 1 is 1.50 bits per heavy atom. The predicted octanol–water partition coefficient (Wildman–Crippen LogP) is 1.85. The van der Waals surface area contributed by atoms with Crippen molar-refractivity contribution in [3.63, 3.8) is 0 Å². The molecule has 10 heavy (non-hydrogen) atoms. The van der Waals surface area contributed by atoms with Gasteiger partial charge in [-0.15, -0.1) is 0 Å². The first-order valence-corrected chi connectivity index (χ1v) is 3.73. The SMILES string of the molecule is CC(C)[C@H]1N=COC1(C)C. The minimum Gasteiger partial charge on any atom is -0.476 e. The number of rotatable bonds is 1. The zero-order valence-corrected chi connectivity index (χ0v) is 7.09.